The number of aliphatic imine (C=N–C) groups is 1. The van der Waals surface area contributed by atoms with Gasteiger partial charge in [0.25, 0.3) is 5.91 Å². The number of carbonyl (C=O) groups is 1. The van der Waals surface area contributed by atoms with Crippen LogP contribution in [0.5, 0.6) is 28.9 Å². The molecule has 38 heavy (non-hydrogen) atoms. The summed E-state index contributed by atoms with van der Waals surface area (Å²) in [4.78, 5) is 30.3. The molecule has 11 nitrogen and oxygen atoms in total. The monoisotopic (exact) mass is 515 g/mol. The van der Waals surface area contributed by atoms with E-state index in [0.717, 1.165) is 5.39 Å². The van der Waals surface area contributed by atoms with Crippen LogP contribution in [0.15, 0.2) is 64.3 Å². The van der Waals surface area contributed by atoms with E-state index in [1.807, 2.05) is 12.2 Å². The van der Waals surface area contributed by atoms with Crippen LogP contribution in [0.25, 0.3) is 10.9 Å². The minimum atomic E-state index is -0.505. The lowest BCUT2D eigenvalue weighted by Gasteiger charge is -2.12. The second-order valence-electron chi connectivity index (χ2n) is 8.10. The molecule has 1 N–H and O–H groups in total. The second kappa shape index (κ2) is 11.0. The third kappa shape index (κ3) is 5.12. The van der Waals surface area contributed by atoms with E-state index in [9.17, 15) is 4.79 Å². The lowest BCUT2D eigenvalue weighted by molar-refractivity contribution is 0.101. The number of ether oxygens (including phenoxy) is 4. The fraction of sp³-hybridized carbons (Fsp3) is 0.222. The van der Waals surface area contributed by atoms with Gasteiger partial charge in [-0.05, 0) is 37.3 Å². The van der Waals surface area contributed by atoms with Gasteiger partial charge in [-0.1, -0.05) is 6.08 Å². The van der Waals surface area contributed by atoms with Gasteiger partial charge in [0.1, 0.15) is 17.3 Å². The highest BCUT2D eigenvalue weighted by Crippen LogP contribution is 2.37. The van der Waals surface area contributed by atoms with Gasteiger partial charge in [0.05, 0.1) is 45.0 Å². The summed E-state index contributed by atoms with van der Waals surface area (Å²) in [5, 5.41) is 3.47. The molecule has 5 rings (SSSR count). The number of pyridine rings is 2. The number of nitrogens with one attached hydrogen (secondary N) is 1. The van der Waals surface area contributed by atoms with Gasteiger partial charge >= 0.3 is 5.95 Å². The largest absolute Gasteiger partial charge is 0.493 e. The molecule has 4 heterocycles. The zero-order chi connectivity index (χ0) is 26.5. The molecule has 3 aromatic heterocycles. The lowest BCUT2D eigenvalue weighted by atomic mass is 10.1. The van der Waals surface area contributed by atoms with E-state index in [-0.39, 0.29) is 17.6 Å². The Balaban J connectivity index is 1.32. The Morgan fingerprint density at radius 1 is 1.11 bits per heavy atom. The molecule has 0 fully saturated rings. The summed E-state index contributed by atoms with van der Waals surface area (Å²) in [6.07, 6.45) is 8.58. The van der Waals surface area contributed by atoms with Crippen molar-refractivity contribution in [1.29, 1.82) is 0 Å². The van der Waals surface area contributed by atoms with Gasteiger partial charge in [-0.15, -0.1) is 0 Å². The van der Waals surface area contributed by atoms with E-state index >= 15 is 0 Å². The maximum atomic E-state index is 13.0. The number of carbonyl (C=O) groups excluding carboxylic acids is 1. The molecule has 1 aliphatic heterocycles. The highest BCUT2D eigenvalue weighted by molar-refractivity contribution is 6.03. The van der Waals surface area contributed by atoms with Crippen molar-refractivity contribution in [3.05, 3.63) is 66.5 Å². The highest BCUT2D eigenvalue weighted by atomic mass is 16.6. The molecule has 1 atom stereocenters. The summed E-state index contributed by atoms with van der Waals surface area (Å²) in [5.74, 6) is 2.21. The normalized spacial score (nSPS) is 14.3. The molecule has 1 unspecified atom stereocenters. The fourth-order valence-corrected chi connectivity index (χ4v) is 3.85. The van der Waals surface area contributed by atoms with E-state index in [1.165, 1.54) is 6.20 Å². The molecule has 1 aromatic carbocycles. The quantitative estimate of drug-likeness (QED) is 0.334. The smallest absolute Gasteiger partial charge is 0.318 e. The molecule has 0 saturated carbocycles. The topological polar surface area (TPSA) is 130 Å². The molecule has 1 aliphatic rings. The maximum absolute atomic E-state index is 13.0. The second-order valence-corrected chi connectivity index (χ2v) is 8.10. The van der Waals surface area contributed by atoms with E-state index in [0.29, 0.717) is 53.4 Å². The van der Waals surface area contributed by atoms with Gasteiger partial charge in [-0.3, -0.25) is 14.8 Å². The molecule has 1 amide bonds. The predicted molar refractivity (Wildman–Crippen MR) is 140 cm³/mol. The molecule has 0 radical (unpaired) electrons. The number of benzene rings is 1. The Hall–Kier alpha value is -4.93. The molecule has 0 spiro atoms. The predicted octanol–water partition coefficient (Wildman–Crippen LogP) is 4.80. The summed E-state index contributed by atoms with van der Waals surface area (Å²) in [5.41, 5.74) is 0.726. The molecule has 0 aliphatic carbocycles. The van der Waals surface area contributed by atoms with Gasteiger partial charge in [0.2, 0.25) is 11.6 Å². The third-order valence-corrected chi connectivity index (χ3v) is 5.67. The van der Waals surface area contributed by atoms with Crippen molar-refractivity contribution in [2.45, 2.75) is 12.8 Å². The van der Waals surface area contributed by atoms with Crippen LogP contribution in [-0.2, 0) is 0 Å². The first-order valence-corrected chi connectivity index (χ1v) is 11.9. The van der Waals surface area contributed by atoms with E-state index < -0.39 is 5.91 Å². The Bertz CT molecular complexity index is 1510. The van der Waals surface area contributed by atoms with Crippen LogP contribution < -0.4 is 24.3 Å². The molecular formula is C27H25N5O6. The van der Waals surface area contributed by atoms with Gasteiger partial charge < -0.3 is 28.7 Å². The number of nitrogens with zero attached hydrogens (tertiary/aromatic N) is 4. The molecule has 0 saturated heterocycles. The molecular weight excluding hydrogens is 490 g/mol. The summed E-state index contributed by atoms with van der Waals surface area (Å²) in [7, 11) is 3.13. The van der Waals surface area contributed by atoms with Gasteiger partial charge in [0, 0.05) is 23.9 Å². The number of anilines is 1. The molecule has 11 heteroatoms. The van der Waals surface area contributed by atoms with Crippen LogP contribution in [0.2, 0.25) is 0 Å². The summed E-state index contributed by atoms with van der Waals surface area (Å²) < 4.78 is 28.0. The van der Waals surface area contributed by atoms with Gasteiger partial charge in [-0.2, -0.15) is 0 Å². The Kier molecular flexibility index (Phi) is 7.16. The molecule has 4 aromatic rings. The number of fused-ring (bicyclic) bond motifs is 1. The number of aromatic nitrogens is 3. The molecule has 194 valence electrons. The lowest BCUT2D eigenvalue weighted by Crippen LogP contribution is -2.15. The van der Waals surface area contributed by atoms with Crippen molar-refractivity contribution in [2.75, 3.05) is 32.7 Å². The Morgan fingerprint density at radius 3 is 2.66 bits per heavy atom. The SMILES string of the molecule is CCOc1oc(C2C=CC=NC2)nc1C(=O)Nc1ccc(Oc2ccnc3cc(OC)c(OC)cc23)cn1. The number of oxazole rings is 1. The number of hydrogen-bond donors (Lipinski definition) is 1. The number of methoxy groups -OCH3 is 2. The summed E-state index contributed by atoms with van der Waals surface area (Å²) >= 11 is 0. The standard InChI is InChI=1S/C27H25N5O6/c1-4-36-27-24(32-26(38-27)16-6-5-10-28-14-16)25(33)31-23-8-7-17(15-30-23)37-20-9-11-29-19-13-22(35-3)21(34-2)12-18(19)20/h5-13,15-16H,4,14H2,1-3H3,(H,30,31,33). The average molecular weight is 516 g/mol. The van der Waals surface area contributed by atoms with E-state index in [4.69, 9.17) is 23.4 Å². The maximum Gasteiger partial charge on any atom is 0.318 e. The third-order valence-electron chi connectivity index (χ3n) is 5.67. The highest BCUT2D eigenvalue weighted by Gasteiger charge is 2.26. The van der Waals surface area contributed by atoms with Gasteiger partial charge in [0.15, 0.2) is 11.5 Å². The van der Waals surface area contributed by atoms with E-state index in [1.54, 1.807) is 63.9 Å². The van der Waals surface area contributed by atoms with Crippen molar-refractivity contribution in [1.82, 2.24) is 15.0 Å². The zero-order valence-electron chi connectivity index (χ0n) is 21.0. The van der Waals surface area contributed by atoms with Crippen LogP contribution in [0.1, 0.15) is 29.2 Å². The van der Waals surface area contributed by atoms with Crippen LogP contribution in [-0.4, -0.2) is 54.4 Å². The van der Waals surface area contributed by atoms with Crippen LogP contribution in [0.3, 0.4) is 0 Å². The average Bonchev–Trinajstić information content (AvgIpc) is 3.38. The number of hydrogen-bond acceptors (Lipinski definition) is 10. The first-order chi connectivity index (χ1) is 18.6. The van der Waals surface area contributed by atoms with Crippen molar-refractivity contribution in [3.8, 4) is 28.9 Å². The van der Waals surface area contributed by atoms with Crippen molar-refractivity contribution >= 4 is 28.8 Å². The summed E-state index contributed by atoms with van der Waals surface area (Å²) in [6, 6.07) is 8.64. The van der Waals surface area contributed by atoms with Crippen LogP contribution >= 0.6 is 0 Å². The fourth-order valence-electron chi connectivity index (χ4n) is 3.85. The van der Waals surface area contributed by atoms with Crippen molar-refractivity contribution in [3.63, 3.8) is 0 Å². The number of allylic oxidation sites excluding steroid dienone is 1. The number of dihydropyridines is 1. The minimum absolute atomic E-state index is 0.0413. The first-order valence-electron chi connectivity index (χ1n) is 11.9. The van der Waals surface area contributed by atoms with Gasteiger partial charge in [-0.25, -0.2) is 9.97 Å². The molecule has 0 bridgehead atoms. The van der Waals surface area contributed by atoms with Crippen LogP contribution in [0, 0.1) is 0 Å². The first kappa shape index (κ1) is 24.8. The Morgan fingerprint density at radius 2 is 1.95 bits per heavy atom. The van der Waals surface area contributed by atoms with Crippen molar-refractivity contribution < 1.29 is 28.2 Å². The van der Waals surface area contributed by atoms with Crippen molar-refractivity contribution in [2.24, 2.45) is 4.99 Å². The zero-order valence-corrected chi connectivity index (χ0v) is 21.0. The van der Waals surface area contributed by atoms with E-state index in [2.05, 4.69) is 25.3 Å². The summed E-state index contributed by atoms with van der Waals surface area (Å²) in [6.45, 7) is 2.60. The Labute approximate surface area is 218 Å². The van der Waals surface area contributed by atoms with Crippen LogP contribution in [0.4, 0.5) is 5.82 Å². The number of rotatable bonds is 9. The minimum Gasteiger partial charge on any atom is -0.493 e. The number of amides is 1.